The van der Waals surface area contributed by atoms with Crippen molar-refractivity contribution in [1.29, 1.82) is 0 Å². The van der Waals surface area contributed by atoms with Crippen LogP contribution in [0.1, 0.15) is 26.2 Å². The molecular formula is C9H15NO3. The molecule has 0 aromatic carbocycles. The Balaban J connectivity index is 2.04. The molecule has 0 bridgehead atoms. The van der Waals surface area contributed by atoms with Crippen LogP contribution in [-0.2, 0) is 14.3 Å². The number of rotatable bonds is 6. The van der Waals surface area contributed by atoms with Gasteiger partial charge in [-0.15, -0.1) is 0 Å². The Hall–Kier alpha value is -1.06. The molecule has 74 valence electrons. The molecule has 1 aliphatic carbocycles. The molecule has 4 heteroatoms. The average molecular weight is 185 g/mol. The van der Waals surface area contributed by atoms with Crippen molar-refractivity contribution in [2.75, 3.05) is 6.61 Å². The molecule has 1 amide bonds. The van der Waals surface area contributed by atoms with Crippen LogP contribution in [0.2, 0.25) is 0 Å². The highest BCUT2D eigenvalue weighted by Crippen LogP contribution is 2.28. The van der Waals surface area contributed by atoms with Gasteiger partial charge in [0.25, 0.3) is 0 Å². The molecule has 13 heavy (non-hydrogen) atoms. The van der Waals surface area contributed by atoms with Gasteiger partial charge in [0.2, 0.25) is 6.41 Å². The van der Waals surface area contributed by atoms with Crippen LogP contribution in [0.25, 0.3) is 0 Å². The van der Waals surface area contributed by atoms with Crippen molar-refractivity contribution >= 4 is 12.4 Å². The summed E-state index contributed by atoms with van der Waals surface area (Å²) < 4.78 is 4.99. The highest BCUT2D eigenvalue weighted by Gasteiger charge is 2.23. The maximum Gasteiger partial charge on any atom is 0.307 e. The topological polar surface area (TPSA) is 55.4 Å². The fourth-order valence-corrected chi connectivity index (χ4v) is 0.979. The Bertz CT molecular complexity index is 189. The molecule has 1 unspecified atom stereocenters. The lowest BCUT2D eigenvalue weighted by atomic mass is 10.2. The predicted molar refractivity (Wildman–Crippen MR) is 47.0 cm³/mol. The Morgan fingerprint density at radius 1 is 1.69 bits per heavy atom. The van der Waals surface area contributed by atoms with Crippen LogP contribution in [0.15, 0.2) is 0 Å². The van der Waals surface area contributed by atoms with E-state index < -0.39 is 0 Å². The summed E-state index contributed by atoms with van der Waals surface area (Å²) in [6.07, 6.45) is 3.20. The first kappa shape index (κ1) is 10.0. The molecule has 1 atom stereocenters. The molecule has 1 aliphatic rings. The summed E-state index contributed by atoms with van der Waals surface area (Å²) in [6.45, 7) is 2.32. The van der Waals surface area contributed by atoms with E-state index in [9.17, 15) is 9.59 Å². The van der Waals surface area contributed by atoms with Gasteiger partial charge in [-0.3, -0.25) is 9.59 Å². The Kier molecular flexibility index (Phi) is 3.73. The van der Waals surface area contributed by atoms with Crippen molar-refractivity contribution in [3.05, 3.63) is 0 Å². The molecule has 0 radical (unpaired) electrons. The van der Waals surface area contributed by atoms with Crippen LogP contribution in [0.4, 0.5) is 0 Å². The first-order chi connectivity index (χ1) is 6.22. The third-order valence-corrected chi connectivity index (χ3v) is 2.00. The number of hydrogen-bond acceptors (Lipinski definition) is 3. The van der Waals surface area contributed by atoms with Crippen LogP contribution in [0.3, 0.4) is 0 Å². The molecule has 0 spiro atoms. The fourth-order valence-electron chi connectivity index (χ4n) is 0.979. The smallest absolute Gasteiger partial charge is 0.307 e. The van der Waals surface area contributed by atoms with Gasteiger partial charge in [0, 0.05) is 6.04 Å². The Morgan fingerprint density at radius 3 is 2.92 bits per heavy atom. The molecule has 0 aliphatic heterocycles. The molecule has 0 aromatic rings. The first-order valence-corrected chi connectivity index (χ1v) is 4.57. The van der Waals surface area contributed by atoms with E-state index in [1.54, 1.807) is 6.92 Å². The van der Waals surface area contributed by atoms with Gasteiger partial charge < -0.3 is 10.1 Å². The second-order valence-corrected chi connectivity index (χ2v) is 3.52. The molecule has 1 saturated carbocycles. The molecular weight excluding hydrogens is 170 g/mol. The fraction of sp³-hybridized carbons (Fsp3) is 0.778. The van der Waals surface area contributed by atoms with E-state index in [2.05, 4.69) is 5.32 Å². The Labute approximate surface area is 77.6 Å². The molecule has 1 N–H and O–H groups in total. The van der Waals surface area contributed by atoms with Gasteiger partial charge in [0.05, 0.1) is 13.0 Å². The maximum atomic E-state index is 11.1. The molecule has 0 saturated heterocycles. The summed E-state index contributed by atoms with van der Waals surface area (Å²) in [6, 6.07) is -0.135. The zero-order chi connectivity index (χ0) is 9.68. The van der Waals surface area contributed by atoms with Crippen molar-refractivity contribution in [3.8, 4) is 0 Å². The van der Waals surface area contributed by atoms with Gasteiger partial charge in [0.1, 0.15) is 0 Å². The lowest BCUT2D eigenvalue weighted by molar-refractivity contribution is -0.144. The number of carbonyl (C=O) groups excluding carboxylic acids is 2. The normalized spacial score (nSPS) is 17.6. The van der Waals surface area contributed by atoms with Crippen LogP contribution < -0.4 is 5.32 Å². The first-order valence-electron chi connectivity index (χ1n) is 4.57. The number of nitrogens with one attached hydrogen (secondary N) is 1. The molecule has 4 nitrogen and oxygen atoms in total. The second kappa shape index (κ2) is 4.84. The second-order valence-electron chi connectivity index (χ2n) is 3.52. The summed E-state index contributed by atoms with van der Waals surface area (Å²) in [5.74, 6) is 0.368. The van der Waals surface area contributed by atoms with Crippen molar-refractivity contribution in [2.45, 2.75) is 32.2 Å². The minimum absolute atomic E-state index is 0.135. The zero-order valence-electron chi connectivity index (χ0n) is 7.79. The van der Waals surface area contributed by atoms with Gasteiger partial charge in [-0.2, -0.15) is 0 Å². The highest BCUT2D eigenvalue weighted by atomic mass is 16.5. The molecule has 1 rings (SSSR count). The zero-order valence-corrected chi connectivity index (χ0v) is 7.79. The van der Waals surface area contributed by atoms with Crippen molar-refractivity contribution < 1.29 is 14.3 Å². The molecule has 1 fully saturated rings. The van der Waals surface area contributed by atoms with E-state index in [4.69, 9.17) is 4.74 Å². The Morgan fingerprint density at radius 2 is 2.38 bits per heavy atom. The van der Waals surface area contributed by atoms with Gasteiger partial charge in [-0.25, -0.2) is 0 Å². The van der Waals surface area contributed by atoms with Crippen molar-refractivity contribution in [1.82, 2.24) is 5.32 Å². The van der Waals surface area contributed by atoms with Gasteiger partial charge in [0.15, 0.2) is 0 Å². The minimum Gasteiger partial charge on any atom is -0.465 e. The van der Waals surface area contributed by atoms with E-state index in [-0.39, 0.29) is 18.4 Å². The lowest BCUT2D eigenvalue weighted by Crippen LogP contribution is -2.28. The van der Waals surface area contributed by atoms with Crippen LogP contribution in [0.5, 0.6) is 0 Å². The van der Waals surface area contributed by atoms with Crippen LogP contribution in [0, 0.1) is 5.92 Å². The van der Waals surface area contributed by atoms with Crippen molar-refractivity contribution in [3.63, 3.8) is 0 Å². The SMILES string of the molecule is CC(CC(=O)OCC1CC1)NC=O. The van der Waals surface area contributed by atoms with Crippen molar-refractivity contribution in [2.24, 2.45) is 5.92 Å². The van der Waals surface area contributed by atoms with Gasteiger partial charge in [-0.05, 0) is 25.7 Å². The summed E-state index contributed by atoms with van der Waals surface area (Å²) in [5.41, 5.74) is 0. The number of carbonyl (C=O) groups is 2. The average Bonchev–Trinajstić information content (AvgIpc) is 2.84. The number of esters is 1. The standard InChI is InChI=1S/C9H15NO3/c1-7(10-6-11)4-9(12)13-5-8-2-3-8/h6-8H,2-5H2,1H3,(H,10,11). The number of hydrogen-bond donors (Lipinski definition) is 1. The van der Waals surface area contributed by atoms with Crippen LogP contribution >= 0.6 is 0 Å². The quantitative estimate of drug-likeness (QED) is 0.483. The van der Waals surface area contributed by atoms with E-state index in [0.717, 1.165) is 0 Å². The highest BCUT2D eigenvalue weighted by molar-refractivity contribution is 5.70. The largest absolute Gasteiger partial charge is 0.465 e. The molecule has 0 heterocycles. The third kappa shape index (κ3) is 4.50. The van der Waals surface area contributed by atoms with E-state index in [1.165, 1.54) is 12.8 Å². The predicted octanol–water partition coefficient (Wildman–Crippen LogP) is 0.464. The summed E-state index contributed by atoms with van der Waals surface area (Å²) in [7, 11) is 0. The number of ether oxygens (including phenoxy) is 1. The maximum absolute atomic E-state index is 11.1. The lowest BCUT2D eigenvalue weighted by Gasteiger charge is -2.09. The molecule has 0 aromatic heterocycles. The summed E-state index contributed by atoms with van der Waals surface area (Å²) in [4.78, 5) is 21.1. The van der Waals surface area contributed by atoms with Gasteiger partial charge >= 0.3 is 5.97 Å². The number of amides is 1. The summed E-state index contributed by atoms with van der Waals surface area (Å²) in [5, 5.41) is 2.50. The third-order valence-electron chi connectivity index (χ3n) is 2.00. The van der Waals surface area contributed by atoms with E-state index in [0.29, 0.717) is 18.9 Å². The minimum atomic E-state index is -0.228. The van der Waals surface area contributed by atoms with Gasteiger partial charge in [-0.1, -0.05) is 0 Å². The van der Waals surface area contributed by atoms with Crippen LogP contribution in [-0.4, -0.2) is 25.0 Å². The monoisotopic (exact) mass is 185 g/mol. The van der Waals surface area contributed by atoms with E-state index in [1.807, 2.05) is 0 Å². The summed E-state index contributed by atoms with van der Waals surface area (Å²) >= 11 is 0. The van der Waals surface area contributed by atoms with E-state index >= 15 is 0 Å².